The Morgan fingerprint density at radius 3 is 2.11 bits per heavy atom. The molecule has 1 aromatic carbocycles. The maximum Gasteiger partial charge on any atom is 0.339 e. The van der Waals surface area contributed by atoms with Crippen LogP contribution in [0.1, 0.15) is 32.3 Å². The number of rotatable bonds is 10. The molecule has 1 rings (SSSR count). The summed E-state index contributed by atoms with van der Waals surface area (Å²) in [6.07, 6.45) is 1.45. The molecular weight excluding hydrogens is 391 g/mol. The van der Waals surface area contributed by atoms with Gasteiger partial charge in [0.2, 0.25) is 0 Å². The van der Waals surface area contributed by atoms with Crippen molar-refractivity contribution in [1.29, 1.82) is 0 Å². The first kappa shape index (κ1) is 25.6. The lowest BCUT2D eigenvalue weighted by Crippen LogP contribution is -2.29. The van der Waals surface area contributed by atoms with Gasteiger partial charge in [-0.1, -0.05) is 55.9 Å². The van der Waals surface area contributed by atoms with Crippen molar-refractivity contribution in [2.24, 2.45) is 0 Å². The molecule has 0 aliphatic carbocycles. The minimum atomic E-state index is -4.10. The van der Waals surface area contributed by atoms with Gasteiger partial charge in [0.05, 0.1) is 12.8 Å². The summed E-state index contributed by atoms with van der Waals surface area (Å²) in [6, 6.07) is 10.1. The SMILES string of the molecule is CCCN(CCC)C(=O)SCc1ccccc1.O=C(O)CNCP(=O)(O)O. The maximum atomic E-state index is 12.0. The molecule has 10 heteroatoms. The summed E-state index contributed by atoms with van der Waals surface area (Å²) in [6.45, 7) is 5.52. The molecule has 0 saturated heterocycles. The molecule has 0 bridgehead atoms. The van der Waals surface area contributed by atoms with Gasteiger partial charge in [-0.2, -0.15) is 0 Å². The second kappa shape index (κ2) is 14.6. The van der Waals surface area contributed by atoms with Crippen LogP contribution in [0.5, 0.6) is 0 Å². The summed E-state index contributed by atoms with van der Waals surface area (Å²) in [5.41, 5.74) is 1.21. The van der Waals surface area contributed by atoms with Gasteiger partial charge in [0, 0.05) is 18.8 Å². The van der Waals surface area contributed by atoms with Gasteiger partial charge in [-0.3, -0.25) is 19.5 Å². The number of hydrogen-bond donors (Lipinski definition) is 4. The van der Waals surface area contributed by atoms with Gasteiger partial charge in [0.25, 0.3) is 5.24 Å². The molecule has 0 spiro atoms. The molecule has 0 aliphatic rings. The second-order valence-electron chi connectivity index (χ2n) is 5.67. The van der Waals surface area contributed by atoms with E-state index in [1.54, 1.807) is 0 Å². The molecule has 0 atom stereocenters. The predicted octanol–water partition coefficient (Wildman–Crippen LogP) is 2.96. The van der Waals surface area contributed by atoms with Crippen molar-refractivity contribution in [3.63, 3.8) is 0 Å². The average molecular weight is 420 g/mol. The van der Waals surface area contributed by atoms with Crippen LogP contribution < -0.4 is 5.32 Å². The number of nitrogens with one attached hydrogen (secondary N) is 1. The molecule has 1 aromatic rings. The van der Waals surface area contributed by atoms with Crippen molar-refractivity contribution in [2.45, 2.75) is 32.4 Å². The Labute approximate surface area is 164 Å². The van der Waals surface area contributed by atoms with E-state index in [4.69, 9.17) is 14.9 Å². The fraction of sp³-hybridized carbons (Fsp3) is 0.529. The molecule has 0 saturated carbocycles. The smallest absolute Gasteiger partial charge is 0.339 e. The third-order valence-electron chi connectivity index (χ3n) is 3.04. The summed E-state index contributed by atoms with van der Waals surface area (Å²) >= 11 is 1.40. The van der Waals surface area contributed by atoms with Crippen LogP contribution in [0.15, 0.2) is 30.3 Å². The van der Waals surface area contributed by atoms with Gasteiger partial charge in [-0.05, 0) is 18.4 Å². The molecule has 154 valence electrons. The number of nitrogens with zero attached hydrogens (tertiary/aromatic N) is 1. The van der Waals surface area contributed by atoms with Crippen molar-refractivity contribution >= 4 is 30.6 Å². The van der Waals surface area contributed by atoms with Crippen molar-refractivity contribution in [3.05, 3.63) is 35.9 Å². The van der Waals surface area contributed by atoms with E-state index in [0.717, 1.165) is 31.7 Å². The lowest BCUT2D eigenvalue weighted by atomic mass is 10.2. The van der Waals surface area contributed by atoms with Crippen LogP contribution in [0, 0.1) is 0 Å². The van der Waals surface area contributed by atoms with Crippen LogP contribution in [0.4, 0.5) is 4.79 Å². The Kier molecular flexibility index (Phi) is 13.9. The second-order valence-corrected chi connectivity index (χ2v) is 8.24. The number of carboxylic acid groups (broad SMARTS) is 1. The lowest BCUT2D eigenvalue weighted by Gasteiger charge is -2.20. The first-order valence-electron chi connectivity index (χ1n) is 8.62. The lowest BCUT2D eigenvalue weighted by molar-refractivity contribution is -0.135. The molecule has 4 N–H and O–H groups in total. The fourth-order valence-electron chi connectivity index (χ4n) is 1.95. The van der Waals surface area contributed by atoms with Crippen LogP contribution in [0.25, 0.3) is 0 Å². The Bertz CT molecular complexity index is 590. The standard InChI is InChI=1S/C14H21NOS.C3H8NO5P/c1-3-10-15(11-4-2)14(16)17-12-13-8-6-5-7-9-13;5-3(6)1-4-2-10(7,8)9/h5-9H,3-4,10-12H2,1-2H3;4H,1-2H2,(H,5,6)(H2,7,8,9). The summed E-state index contributed by atoms with van der Waals surface area (Å²) in [7, 11) is -4.10. The van der Waals surface area contributed by atoms with Crippen LogP contribution in [0.3, 0.4) is 0 Å². The number of carbonyl (C=O) groups is 2. The quantitative estimate of drug-likeness (QED) is 0.426. The average Bonchev–Trinajstić information content (AvgIpc) is 2.59. The van der Waals surface area contributed by atoms with Gasteiger partial charge in [0.1, 0.15) is 0 Å². The summed E-state index contributed by atoms with van der Waals surface area (Å²) in [5.74, 6) is -0.377. The van der Waals surface area contributed by atoms with E-state index in [0.29, 0.717) is 0 Å². The van der Waals surface area contributed by atoms with E-state index >= 15 is 0 Å². The molecule has 1 amide bonds. The Morgan fingerprint density at radius 2 is 1.67 bits per heavy atom. The predicted molar refractivity (Wildman–Crippen MR) is 108 cm³/mol. The number of carbonyl (C=O) groups excluding carboxylic acids is 1. The Balaban J connectivity index is 0.000000580. The topological polar surface area (TPSA) is 127 Å². The van der Waals surface area contributed by atoms with Gasteiger partial charge < -0.3 is 19.8 Å². The monoisotopic (exact) mass is 420 g/mol. The van der Waals surface area contributed by atoms with Crippen LogP contribution in [0.2, 0.25) is 0 Å². The van der Waals surface area contributed by atoms with Gasteiger partial charge in [-0.25, -0.2) is 0 Å². The summed E-state index contributed by atoms with van der Waals surface area (Å²) < 4.78 is 10.1. The normalized spacial score (nSPS) is 10.7. The van der Waals surface area contributed by atoms with Crippen molar-refractivity contribution < 1.29 is 29.0 Å². The fourth-order valence-corrected chi connectivity index (χ4v) is 3.20. The van der Waals surface area contributed by atoms with Gasteiger partial charge in [0.15, 0.2) is 0 Å². The number of aliphatic carboxylic acids is 1. The Morgan fingerprint density at radius 1 is 1.11 bits per heavy atom. The van der Waals surface area contributed by atoms with Gasteiger partial charge >= 0.3 is 13.6 Å². The highest BCUT2D eigenvalue weighted by molar-refractivity contribution is 8.12. The van der Waals surface area contributed by atoms with Crippen molar-refractivity contribution in [1.82, 2.24) is 10.2 Å². The third-order valence-corrected chi connectivity index (χ3v) is 4.66. The summed E-state index contributed by atoms with van der Waals surface area (Å²) in [4.78, 5) is 40.1. The van der Waals surface area contributed by atoms with Crippen molar-refractivity contribution in [2.75, 3.05) is 25.9 Å². The number of carboxylic acids is 1. The number of amides is 1. The molecule has 0 unspecified atom stereocenters. The molecule has 0 heterocycles. The first-order chi connectivity index (χ1) is 12.7. The minimum absolute atomic E-state index is 0.206. The highest BCUT2D eigenvalue weighted by Gasteiger charge is 2.12. The molecule has 0 aromatic heterocycles. The van der Waals surface area contributed by atoms with E-state index in [2.05, 4.69) is 31.3 Å². The maximum absolute atomic E-state index is 12.0. The molecular formula is C17H29N2O6PS. The van der Waals surface area contributed by atoms with Gasteiger partial charge in [-0.15, -0.1) is 0 Å². The zero-order valence-corrected chi connectivity index (χ0v) is 17.4. The molecule has 0 aliphatic heterocycles. The minimum Gasteiger partial charge on any atom is -0.480 e. The largest absolute Gasteiger partial charge is 0.480 e. The molecule has 0 fully saturated rings. The van der Waals surface area contributed by atoms with E-state index in [9.17, 15) is 14.2 Å². The third kappa shape index (κ3) is 15.4. The first-order valence-corrected chi connectivity index (χ1v) is 11.4. The van der Waals surface area contributed by atoms with E-state index in [1.807, 2.05) is 23.1 Å². The zero-order valence-electron chi connectivity index (χ0n) is 15.7. The van der Waals surface area contributed by atoms with Crippen LogP contribution >= 0.6 is 19.4 Å². The Hall–Kier alpha value is -1.38. The number of hydrogen-bond acceptors (Lipinski definition) is 5. The van der Waals surface area contributed by atoms with E-state index in [-0.39, 0.29) is 5.24 Å². The highest BCUT2D eigenvalue weighted by Crippen LogP contribution is 2.31. The summed E-state index contributed by atoms with van der Waals surface area (Å²) in [5, 5.41) is 10.3. The molecule has 0 radical (unpaired) electrons. The van der Waals surface area contributed by atoms with Crippen molar-refractivity contribution in [3.8, 4) is 0 Å². The molecule has 8 nitrogen and oxygen atoms in total. The highest BCUT2D eigenvalue weighted by atomic mass is 32.2. The van der Waals surface area contributed by atoms with E-state index in [1.165, 1.54) is 17.3 Å². The van der Waals surface area contributed by atoms with Crippen LogP contribution in [-0.4, -0.2) is 56.9 Å². The number of thioether (sulfide) groups is 1. The van der Waals surface area contributed by atoms with E-state index < -0.39 is 26.4 Å². The zero-order chi connectivity index (χ0) is 20.7. The number of benzene rings is 1. The molecule has 27 heavy (non-hydrogen) atoms. The van der Waals surface area contributed by atoms with Crippen LogP contribution in [-0.2, 0) is 15.1 Å².